The second-order valence-electron chi connectivity index (χ2n) is 6.78. The molecule has 13 nitrogen and oxygen atoms in total. The second-order valence-corrected chi connectivity index (χ2v) is 7.15. The average Bonchev–Trinajstić information content (AvgIpc) is 2.72. The number of nitrogens with one attached hydrogen (secondary N) is 3. The van der Waals surface area contributed by atoms with Crippen molar-refractivity contribution in [3.05, 3.63) is 0 Å². The molecule has 0 fully saturated rings. The van der Waals surface area contributed by atoms with Crippen molar-refractivity contribution in [2.45, 2.75) is 56.3 Å². The van der Waals surface area contributed by atoms with E-state index in [2.05, 4.69) is 28.6 Å². The third-order valence-corrected chi connectivity index (χ3v) is 4.60. The van der Waals surface area contributed by atoms with Crippen molar-refractivity contribution in [1.82, 2.24) is 16.0 Å². The topological polar surface area (TPSA) is 240 Å². The summed E-state index contributed by atoms with van der Waals surface area (Å²) in [5.41, 5.74) is 16.1. The number of thiol groups is 1. The first kappa shape index (κ1) is 28.6. The van der Waals surface area contributed by atoms with Gasteiger partial charge in [0.25, 0.3) is 0 Å². The average molecular weight is 465 g/mol. The Bertz CT molecular complexity index is 636. The van der Waals surface area contributed by atoms with E-state index in [1.807, 2.05) is 0 Å². The van der Waals surface area contributed by atoms with Crippen molar-refractivity contribution in [3.8, 4) is 0 Å². The summed E-state index contributed by atoms with van der Waals surface area (Å²) in [5.74, 6) is -4.44. The van der Waals surface area contributed by atoms with E-state index in [1.54, 1.807) is 0 Å². The molecule has 0 spiro atoms. The molecule has 0 aromatic heterocycles. The van der Waals surface area contributed by atoms with E-state index >= 15 is 0 Å². The van der Waals surface area contributed by atoms with Crippen LogP contribution in [0.15, 0.2) is 0 Å². The van der Waals surface area contributed by atoms with Gasteiger partial charge < -0.3 is 43.4 Å². The molecule has 0 radical (unpaired) electrons. The van der Waals surface area contributed by atoms with Gasteiger partial charge in [-0.3, -0.25) is 19.2 Å². The quantitative estimate of drug-likeness (QED) is 0.0801. The highest BCUT2D eigenvalue weighted by Crippen LogP contribution is 2.04. The molecule has 0 rings (SSSR count). The fourth-order valence-corrected chi connectivity index (χ4v) is 2.65. The second kappa shape index (κ2) is 15.4. The third kappa shape index (κ3) is 11.5. The molecule has 0 aliphatic rings. The number of aliphatic carboxylic acids is 1. The van der Waals surface area contributed by atoms with Crippen LogP contribution in [-0.2, 0) is 24.0 Å². The number of hydrogen-bond acceptors (Lipinski definition) is 9. The summed E-state index contributed by atoms with van der Waals surface area (Å²) < 4.78 is 0. The van der Waals surface area contributed by atoms with Crippen molar-refractivity contribution < 1.29 is 34.2 Å². The molecule has 4 unspecified atom stereocenters. The number of carbonyl (C=O) groups excluding carboxylic acids is 4. The first-order valence-electron chi connectivity index (χ1n) is 9.66. The van der Waals surface area contributed by atoms with Crippen LogP contribution < -0.4 is 33.2 Å². The van der Waals surface area contributed by atoms with Crippen LogP contribution in [0.3, 0.4) is 0 Å². The minimum absolute atomic E-state index is 0.00999. The molecule has 0 saturated carbocycles. The zero-order valence-electron chi connectivity index (χ0n) is 17.1. The van der Waals surface area contributed by atoms with Gasteiger partial charge >= 0.3 is 5.97 Å². The first-order valence-corrected chi connectivity index (χ1v) is 10.3. The molecule has 0 bridgehead atoms. The Labute approximate surface area is 185 Å². The van der Waals surface area contributed by atoms with Gasteiger partial charge in [-0.25, -0.2) is 4.79 Å². The number of amides is 4. The lowest BCUT2D eigenvalue weighted by Gasteiger charge is -2.24. The van der Waals surface area contributed by atoms with Gasteiger partial charge in [0.15, 0.2) is 0 Å². The Balaban J connectivity index is 5.12. The van der Waals surface area contributed by atoms with E-state index in [0.717, 1.165) is 0 Å². The smallest absolute Gasteiger partial charge is 0.328 e. The van der Waals surface area contributed by atoms with Crippen LogP contribution in [0.5, 0.6) is 0 Å². The van der Waals surface area contributed by atoms with Gasteiger partial charge in [0, 0.05) is 12.2 Å². The zero-order chi connectivity index (χ0) is 24.0. The van der Waals surface area contributed by atoms with Crippen LogP contribution in [0.1, 0.15) is 32.1 Å². The van der Waals surface area contributed by atoms with Crippen molar-refractivity contribution in [2.24, 2.45) is 17.2 Å². The Hall–Kier alpha value is -2.42. The number of unbranched alkanes of at least 4 members (excludes halogenated alkanes) is 1. The van der Waals surface area contributed by atoms with Crippen LogP contribution in [0, 0.1) is 0 Å². The van der Waals surface area contributed by atoms with E-state index in [4.69, 9.17) is 27.4 Å². The molecule has 0 aliphatic carbocycles. The predicted molar refractivity (Wildman–Crippen MR) is 114 cm³/mol. The molecule has 0 aliphatic heterocycles. The molecule has 4 amide bonds. The highest BCUT2D eigenvalue weighted by molar-refractivity contribution is 7.80. The molecular weight excluding hydrogens is 432 g/mol. The number of carbonyl (C=O) groups is 5. The number of carboxylic acids is 1. The summed E-state index contributed by atoms with van der Waals surface area (Å²) in [6, 6.07) is -4.89. The molecule has 31 heavy (non-hydrogen) atoms. The third-order valence-electron chi connectivity index (χ3n) is 4.23. The van der Waals surface area contributed by atoms with Gasteiger partial charge in [0.2, 0.25) is 23.6 Å². The zero-order valence-corrected chi connectivity index (χ0v) is 18.0. The Morgan fingerprint density at radius 2 is 1.42 bits per heavy atom. The van der Waals surface area contributed by atoms with Crippen molar-refractivity contribution >= 4 is 42.2 Å². The van der Waals surface area contributed by atoms with Crippen molar-refractivity contribution in [3.63, 3.8) is 0 Å². The van der Waals surface area contributed by atoms with Crippen LogP contribution >= 0.6 is 12.6 Å². The predicted octanol–water partition coefficient (Wildman–Crippen LogP) is -3.83. The summed E-state index contributed by atoms with van der Waals surface area (Å²) in [6.07, 6.45) is 1.05. The van der Waals surface area contributed by atoms with Gasteiger partial charge in [0.1, 0.15) is 18.1 Å². The molecule has 0 heterocycles. The fourth-order valence-electron chi connectivity index (χ4n) is 2.39. The molecule has 0 aromatic rings. The number of carboxylic acid groups (broad SMARTS) is 1. The van der Waals surface area contributed by atoms with E-state index < -0.39 is 60.4 Å². The number of hydrogen-bond donors (Lipinski definition) is 9. The number of aliphatic hydroxyl groups excluding tert-OH is 1. The fraction of sp³-hybridized carbons (Fsp3) is 0.706. The van der Waals surface area contributed by atoms with Crippen LogP contribution in [0.2, 0.25) is 0 Å². The summed E-state index contributed by atoms with van der Waals surface area (Å²) in [7, 11) is 0. The minimum atomic E-state index is -1.54. The van der Waals surface area contributed by atoms with E-state index in [0.29, 0.717) is 19.4 Å². The molecule has 11 N–H and O–H groups in total. The maximum Gasteiger partial charge on any atom is 0.328 e. The van der Waals surface area contributed by atoms with Crippen LogP contribution in [-0.4, -0.2) is 82.9 Å². The van der Waals surface area contributed by atoms with E-state index in [9.17, 15) is 24.0 Å². The largest absolute Gasteiger partial charge is 0.480 e. The molecule has 0 aromatic carbocycles. The lowest BCUT2D eigenvalue weighted by molar-refractivity contribution is -0.143. The highest BCUT2D eigenvalue weighted by atomic mass is 32.1. The van der Waals surface area contributed by atoms with E-state index in [1.165, 1.54) is 0 Å². The molecular formula is C17H32N6O7S. The summed E-state index contributed by atoms with van der Waals surface area (Å²) in [6.45, 7) is -0.474. The maximum absolute atomic E-state index is 12.6. The summed E-state index contributed by atoms with van der Waals surface area (Å²) in [4.78, 5) is 59.0. The van der Waals surface area contributed by atoms with Crippen molar-refractivity contribution in [1.29, 1.82) is 0 Å². The Kier molecular flexibility index (Phi) is 14.2. The number of nitrogens with two attached hydrogens (primary N) is 3. The van der Waals surface area contributed by atoms with E-state index in [-0.39, 0.29) is 25.0 Å². The lowest BCUT2D eigenvalue weighted by atomic mass is 10.1. The molecule has 178 valence electrons. The SMILES string of the molecule is NCCCCC(NC(=O)C(CS)NC(=O)C(N)CCC(N)=O)C(=O)NC(CO)C(=O)O. The minimum Gasteiger partial charge on any atom is -0.480 e. The molecule has 14 heteroatoms. The summed E-state index contributed by atoms with van der Waals surface area (Å²) >= 11 is 4.02. The lowest BCUT2D eigenvalue weighted by Crippen LogP contribution is -2.58. The summed E-state index contributed by atoms with van der Waals surface area (Å²) in [5, 5.41) is 25.0. The van der Waals surface area contributed by atoms with Crippen LogP contribution in [0.25, 0.3) is 0 Å². The number of primary amides is 1. The van der Waals surface area contributed by atoms with Gasteiger partial charge in [-0.1, -0.05) is 0 Å². The first-order chi connectivity index (χ1) is 14.6. The number of aliphatic hydroxyl groups is 1. The molecule has 4 atom stereocenters. The van der Waals surface area contributed by atoms with Crippen LogP contribution in [0.4, 0.5) is 0 Å². The monoisotopic (exact) mass is 464 g/mol. The Morgan fingerprint density at radius 1 is 0.871 bits per heavy atom. The van der Waals surface area contributed by atoms with Gasteiger partial charge in [0.05, 0.1) is 12.6 Å². The van der Waals surface area contributed by atoms with Gasteiger partial charge in [-0.05, 0) is 32.2 Å². The normalized spacial score (nSPS) is 14.6. The Morgan fingerprint density at radius 3 is 1.90 bits per heavy atom. The molecule has 0 saturated heterocycles. The van der Waals surface area contributed by atoms with Crippen molar-refractivity contribution in [2.75, 3.05) is 18.9 Å². The maximum atomic E-state index is 12.6. The van der Waals surface area contributed by atoms with Gasteiger partial charge in [-0.2, -0.15) is 12.6 Å². The highest BCUT2D eigenvalue weighted by Gasteiger charge is 2.29. The standard InChI is InChI=1S/C17H32N6O7S/c18-6-2-1-3-10(15(27)22-11(7-24)17(29)30)21-16(28)12(8-31)23-14(26)9(19)4-5-13(20)25/h9-12,24,31H,1-8,18-19H2,(H2,20,25)(H,21,28)(H,22,27)(H,23,26)(H,29,30). The van der Waals surface area contributed by atoms with Gasteiger partial charge in [-0.15, -0.1) is 0 Å². The number of rotatable bonds is 16.